The van der Waals surface area contributed by atoms with Gasteiger partial charge in [-0.05, 0) is 25.7 Å². The highest BCUT2D eigenvalue weighted by Gasteiger charge is 2.22. The van der Waals surface area contributed by atoms with Crippen molar-refractivity contribution in [2.45, 2.75) is 32.2 Å². The number of hydrogen-bond donors (Lipinski definition) is 1. The summed E-state index contributed by atoms with van der Waals surface area (Å²) in [5.74, 6) is 3.49. The van der Waals surface area contributed by atoms with Crippen LogP contribution in [0.4, 0.5) is 0 Å². The Morgan fingerprint density at radius 2 is 2.40 bits per heavy atom. The molecule has 1 unspecified atom stereocenters. The molecule has 56 valence electrons. The predicted octanol–water partition coefficient (Wildman–Crippen LogP) is 1.40. The van der Waals surface area contributed by atoms with Gasteiger partial charge >= 0.3 is 0 Å². The van der Waals surface area contributed by atoms with Crippen LogP contribution < -0.4 is 5.32 Å². The highest BCUT2D eigenvalue weighted by atomic mass is 14.9. The van der Waals surface area contributed by atoms with Crippen LogP contribution >= 0.6 is 0 Å². The highest BCUT2D eigenvalue weighted by Crippen LogP contribution is 2.29. The van der Waals surface area contributed by atoms with Crippen molar-refractivity contribution in [3.63, 3.8) is 0 Å². The van der Waals surface area contributed by atoms with Crippen LogP contribution in [-0.2, 0) is 0 Å². The monoisotopic (exact) mass is 137 g/mol. The lowest BCUT2D eigenvalue weighted by atomic mass is 9.80. The van der Waals surface area contributed by atoms with Gasteiger partial charge in [0.05, 0.1) is 6.54 Å². The fourth-order valence-corrected chi connectivity index (χ4v) is 1.33. The summed E-state index contributed by atoms with van der Waals surface area (Å²) >= 11 is 0. The van der Waals surface area contributed by atoms with E-state index in [-0.39, 0.29) is 0 Å². The molecule has 1 heteroatoms. The molecule has 1 aliphatic carbocycles. The van der Waals surface area contributed by atoms with Crippen LogP contribution in [0, 0.1) is 18.3 Å². The summed E-state index contributed by atoms with van der Waals surface area (Å²) in [4.78, 5) is 0. The second kappa shape index (κ2) is 3.63. The summed E-state index contributed by atoms with van der Waals surface area (Å²) in [7, 11) is 0. The van der Waals surface area contributed by atoms with Gasteiger partial charge in [0.15, 0.2) is 0 Å². The van der Waals surface area contributed by atoms with Gasteiger partial charge in [0.1, 0.15) is 0 Å². The average Bonchev–Trinajstić information content (AvgIpc) is 1.79. The molecule has 0 amide bonds. The second-order valence-corrected chi connectivity index (χ2v) is 3.06. The molecule has 1 atom stereocenters. The van der Waals surface area contributed by atoms with E-state index in [0.29, 0.717) is 6.04 Å². The largest absolute Gasteiger partial charge is 0.303 e. The van der Waals surface area contributed by atoms with E-state index in [1.165, 1.54) is 19.3 Å². The maximum absolute atomic E-state index is 5.12. The lowest BCUT2D eigenvalue weighted by molar-refractivity contribution is 0.246. The van der Waals surface area contributed by atoms with Gasteiger partial charge in [-0.25, -0.2) is 0 Å². The smallest absolute Gasteiger partial charge is 0.0575 e. The summed E-state index contributed by atoms with van der Waals surface area (Å²) in [6.07, 6.45) is 9.31. The molecule has 0 bridgehead atoms. The fourth-order valence-electron chi connectivity index (χ4n) is 1.33. The molecule has 0 aromatic heterocycles. The molecule has 1 saturated carbocycles. The molecule has 0 radical (unpaired) electrons. The molecular formula is C9H15N. The quantitative estimate of drug-likeness (QED) is 0.580. The van der Waals surface area contributed by atoms with Crippen LogP contribution in [0.5, 0.6) is 0 Å². The zero-order valence-corrected chi connectivity index (χ0v) is 6.56. The molecule has 0 aromatic carbocycles. The molecule has 0 heterocycles. The SMILES string of the molecule is C#CCNC(C)C1CCC1. The van der Waals surface area contributed by atoms with Crippen LogP contribution in [0.2, 0.25) is 0 Å². The van der Waals surface area contributed by atoms with Crippen LogP contribution in [0.3, 0.4) is 0 Å². The first-order chi connectivity index (χ1) is 4.84. The number of hydrogen-bond acceptors (Lipinski definition) is 1. The van der Waals surface area contributed by atoms with E-state index in [0.717, 1.165) is 12.5 Å². The molecular weight excluding hydrogens is 122 g/mol. The van der Waals surface area contributed by atoms with E-state index >= 15 is 0 Å². The van der Waals surface area contributed by atoms with Crippen LogP contribution in [0.15, 0.2) is 0 Å². The van der Waals surface area contributed by atoms with E-state index in [1.807, 2.05) is 0 Å². The molecule has 1 rings (SSSR count). The van der Waals surface area contributed by atoms with Gasteiger partial charge in [-0.15, -0.1) is 6.42 Å². The van der Waals surface area contributed by atoms with Crippen LogP contribution in [0.25, 0.3) is 0 Å². The Kier molecular flexibility index (Phi) is 2.77. The topological polar surface area (TPSA) is 12.0 Å². The molecule has 1 fully saturated rings. The average molecular weight is 137 g/mol. The molecule has 0 aliphatic heterocycles. The fraction of sp³-hybridized carbons (Fsp3) is 0.778. The molecule has 1 N–H and O–H groups in total. The van der Waals surface area contributed by atoms with Crippen molar-refractivity contribution in [2.75, 3.05) is 6.54 Å². The third-order valence-electron chi connectivity index (χ3n) is 2.38. The third-order valence-corrected chi connectivity index (χ3v) is 2.38. The van der Waals surface area contributed by atoms with E-state index in [9.17, 15) is 0 Å². The maximum Gasteiger partial charge on any atom is 0.0575 e. The molecule has 0 saturated heterocycles. The van der Waals surface area contributed by atoms with E-state index < -0.39 is 0 Å². The van der Waals surface area contributed by atoms with Crippen molar-refractivity contribution in [3.8, 4) is 12.3 Å². The van der Waals surface area contributed by atoms with Crippen molar-refractivity contribution >= 4 is 0 Å². The molecule has 1 nitrogen and oxygen atoms in total. The van der Waals surface area contributed by atoms with Crippen molar-refractivity contribution in [2.24, 2.45) is 5.92 Å². The number of rotatable bonds is 3. The minimum absolute atomic E-state index is 0.629. The van der Waals surface area contributed by atoms with Gasteiger partial charge in [-0.3, -0.25) is 0 Å². The van der Waals surface area contributed by atoms with Crippen molar-refractivity contribution < 1.29 is 0 Å². The van der Waals surface area contributed by atoms with Crippen LogP contribution in [0.1, 0.15) is 26.2 Å². The van der Waals surface area contributed by atoms with Crippen molar-refractivity contribution in [1.82, 2.24) is 5.32 Å². The first-order valence-corrected chi connectivity index (χ1v) is 4.01. The zero-order valence-electron chi connectivity index (χ0n) is 6.56. The highest BCUT2D eigenvalue weighted by molar-refractivity contribution is 4.89. The zero-order chi connectivity index (χ0) is 7.40. The minimum Gasteiger partial charge on any atom is -0.303 e. The predicted molar refractivity (Wildman–Crippen MR) is 43.6 cm³/mol. The summed E-state index contributed by atoms with van der Waals surface area (Å²) in [6.45, 7) is 2.94. The molecule has 10 heavy (non-hydrogen) atoms. The van der Waals surface area contributed by atoms with Gasteiger partial charge in [-0.1, -0.05) is 12.3 Å². The van der Waals surface area contributed by atoms with Gasteiger partial charge in [0.25, 0.3) is 0 Å². The Hall–Kier alpha value is -0.480. The van der Waals surface area contributed by atoms with E-state index in [2.05, 4.69) is 18.2 Å². The van der Waals surface area contributed by atoms with E-state index in [4.69, 9.17) is 6.42 Å². The van der Waals surface area contributed by atoms with Gasteiger partial charge < -0.3 is 5.32 Å². The Labute approximate surface area is 63.2 Å². The molecule has 0 spiro atoms. The Morgan fingerprint density at radius 3 is 2.80 bits per heavy atom. The minimum atomic E-state index is 0.629. The van der Waals surface area contributed by atoms with Crippen molar-refractivity contribution in [3.05, 3.63) is 0 Å². The summed E-state index contributed by atoms with van der Waals surface area (Å²) in [5.41, 5.74) is 0. The maximum atomic E-state index is 5.12. The first kappa shape index (κ1) is 7.63. The number of terminal acetylenes is 1. The second-order valence-electron chi connectivity index (χ2n) is 3.06. The number of nitrogens with one attached hydrogen (secondary N) is 1. The van der Waals surface area contributed by atoms with Gasteiger partial charge in [-0.2, -0.15) is 0 Å². The Balaban J connectivity index is 2.09. The Morgan fingerprint density at radius 1 is 1.70 bits per heavy atom. The summed E-state index contributed by atoms with van der Waals surface area (Å²) < 4.78 is 0. The third kappa shape index (κ3) is 1.75. The lowest BCUT2D eigenvalue weighted by Gasteiger charge is -2.31. The van der Waals surface area contributed by atoms with Crippen LogP contribution in [-0.4, -0.2) is 12.6 Å². The Bertz CT molecular complexity index is 130. The van der Waals surface area contributed by atoms with Crippen molar-refractivity contribution in [1.29, 1.82) is 0 Å². The molecule has 1 aliphatic rings. The van der Waals surface area contributed by atoms with E-state index in [1.54, 1.807) is 0 Å². The molecule has 0 aromatic rings. The first-order valence-electron chi connectivity index (χ1n) is 4.01. The lowest BCUT2D eigenvalue weighted by Crippen LogP contribution is -2.37. The summed E-state index contributed by atoms with van der Waals surface area (Å²) in [5, 5.41) is 3.30. The normalized spacial score (nSPS) is 21.2. The van der Waals surface area contributed by atoms with Gasteiger partial charge in [0, 0.05) is 6.04 Å². The standard InChI is InChI=1S/C9H15N/c1-3-7-10-8(2)9-5-4-6-9/h1,8-10H,4-7H2,2H3. The summed E-state index contributed by atoms with van der Waals surface area (Å²) in [6, 6.07) is 0.629. The van der Waals surface area contributed by atoms with Gasteiger partial charge in [0.2, 0.25) is 0 Å².